The van der Waals surface area contributed by atoms with Gasteiger partial charge >= 0.3 is 6.03 Å². The molecule has 4 N–H and O–H groups in total. The summed E-state index contributed by atoms with van der Waals surface area (Å²) in [6.45, 7) is 3.60. The lowest BCUT2D eigenvalue weighted by Crippen LogP contribution is -2.29. The molecule has 8 heteroatoms. The van der Waals surface area contributed by atoms with Crippen LogP contribution in [0.1, 0.15) is 38.4 Å². The number of fused-ring (bicyclic) bond motifs is 3. The van der Waals surface area contributed by atoms with E-state index in [0.29, 0.717) is 12.4 Å². The van der Waals surface area contributed by atoms with E-state index in [0.717, 1.165) is 77.8 Å². The highest BCUT2D eigenvalue weighted by Crippen LogP contribution is 2.29. The van der Waals surface area contributed by atoms with E-state index < -0.39 is 0 Å². The summed E-state index contributed by atoms with van der Waals surface area (Å²) < 4.78 is 2.30. The van der Waals surface area contributed by atoms with E-state index in [9.17, 15) is 4.79 Å². The number of pyridine rings is 1. The van der Waals surface area contributed by atoms with E-state index in [2.05, 4.69) is 33.2 Å². The summed E-state index contributed by atoms with van der Waals surface area (Å²) in [5.74, 6) is 1.53. The number of anilines is 3. The van der Waals surface area contributed by atoms with Gasteiger partial charge in [0, 0.05) is 50.4 Å². The van der Waals surface area contributed by atoms with Gasteiger partial charge in [0.25, 0.3) is 0 Å². The smallest absolute Gasteiger partial charge is 0.319 e. The van der Waals surface area contributed by atoms with Crippen molar-refractivity contribution in [1.29, 1.82) is 0 Å². The fourth-order valence-corrected chi connectivity index (χ4v) is 4.29. The molecule has 2 aromatic heterocycles. The Balaban J connectivity index is 1.39. The third-order valence-corrected chi connectivity index (χ3v) is 6.18. The fraction of sp³-hybridized carbons (Fsp3) is 0.370. The summed E-state index contributed by atoms with van der Waals surface area (Å²) in [7, 11) is 3.98. The van der Waals surface area contributed by atoms with Gasteiger partial charge in [0.05, 0.1) is 11.0 Å². The topological polar surface area (TPSA) is 101 Å². The summed E-state index contributed by atoms with van der Waals surface area (Å²) in [5, 5.41) is 6.92. The molecule has 35 heavy (non-hydrogen) atoms. The number of nitrogen functional groups attached to an aromatic ring is 1. The van der Waals surface area contributed by atoms with Crippen LogP contribution < -0.4 is 21.3 Å². The molecule has 8 nitrogen and oxygen atoms in total. The molecule has 0 aliphatic rings. The zero-order chi connectivity index (χ0) is 24.8. The molecule has 0 fully saturated rings. The van der Waals surface area contributed by atoms with Gasteiger partial charge in [0.2, 0.25) is 0 Å². The normalized spacial score (nSPS) is 11.2. The number of nitrogens with two attached hydrogens (primary N) is 1. The number of rotatable bonds is 10. The van der Waals surface area contributed by atoms with Gasteiger partial charge in [0.15, 0.2) is 5.82 Å². The monoisotopic (exact) mass is 473 g/mol. The number of para-hydroxylation sites is 1. The van der Waals surface area contributed by atoms with Gasteiger partial charge in [-0.05, 0) is 49.6 Å². The first-order valence-electron chi connectivity index (χ1n) is 12.3. The molecule has 0 aliphatic heterocycles. The van der Waals surface area contributed by atoms with Crippen LogP contribution in [0.15, 0.2) is 48.5 Å². The zero-order valence-corrected chi connectivity index (χ0v) is 20.8. The number of aromatic nitrogens is 3. The Kier molecular flexibility index (Phi) is 7.70. The van der Waals surface area contributed by atoms with E-state index in [1.807, 2.05) is 61.5 Å². The highest BCUT2D eigenvalue weighted by Gasteiger charge is 2.16. The number of nitrogens with one attached hydrogen (secondary N) is 2. The number of carbonyl (C=O) groups excluding carboxylic acids is 1. The van der Waals surface area contributed by atoms with Gasteiger partial charge in [0.1, 0.15) is 11.3 Å². The molecule has 2 heterocycles. The van der Waals surface area contributed by atoms with Gasteiger partial charge in [-0.25, -0.2) is 14.8 Å². The van der Waals surface area contributed by atoms with Gasteiger partial charge in [-0.1, -0.05) is 31.5 Å². The van der Waals surface area contributed by atoms with E-state index in [-0.39, 0.29) is 6.03 Å². The molecule has 2 aromatic carbocycles. The fourth-order valence-electron chi connectivity index (χ4n) is 4.29. The number of aryl methyl sites for hydroxylation is 2. The molecule has 0 bridgehead atoms. The molecule has 0 spiro atoms. The zero-order valence-electron chi connectivity index (χ0n) is 20.8. The number of hydrogen-bond acceptors (Lipinski definition) is 5. The standard InChI is InChI=1S/C27H35N7O/c1-4-5-12-23-32-24-25(21-10-6-7-11-22(21)31-26(24)28)34(23)18-9-8-17-29-27(35)30-19-13-15-20(16-14-19)33(2)3/h6-7,10-11,13-16H,4-5,8-9,12,17-18H2,1-3H3,(H2,28,31)(H2,29,30,35). The van der Waals surface area contributed by atoms with Crippen molar-refractivity contribution in [3.8, 4) is 0 Å². The number of nitrogens with zero attached hydrogens (tertiary/aromatic N) is 4. The van der Waals surface area contributed by atoms with Crippen molar-refractivity contribution >= 4 is 45.2 Å². The maximum absolute atomic E-state index is 12.3. The lowest BCUT2D eigenvalue weighted by atomic mass is 10.2. The average Bonchev–Trinajstić information content (AvgIpc) is 3.22. The number of hydrogen-bond donors (Lipinski definition) is 3. The van der Waals surface area contributed by atoms with Crippen LogP contribution in [0.3, 0.4) is 0 Å². The molecule has 0 aliphatic carbocycles. The Morgan fingerprint density at radius 2 is 1.80 bits per heavy atom. The summed E-state index contributed by atoms with van der Waals surface area (Å²) in [6.07, 6.45) is 4.87. The highest BCUT2D eigenvalue weighted by atomic mass is 16.2. The molecule has 184 valence electrons. The molecule has 0 atom stereocenters. The van der Waals surface area contributed by atoms with Crippen molar-refractivity contribution in [1.82, 2.24) is 19.9 Å². The molecule has 0 radical (unpaired) electrons. The maximum Gasteiger partial charge on any atom is 0.319 e. The Hall–Kier alpha value is -3.81. The molecule has 0 saturated heterocycles. The van der Waals surface area contributed by atoms with Crippen LogP contribution in [0.25, 0.3) is 21.9 Å². The van der Waals surface area contributed by atoms with E-state index in [4.69, 9.17) is 10.7 Å². The first-order valence-corrected chi connectivity index (χ1v) is 12.3. The Morgan fingerprint density at radius 3 is 2.54 bits per heavy atom. The van der Waals surface area contributed by atoms with E-state index >= 15 is 0 Å². The van der Waals surface area contributed by atoms with Gasteiger partial charge in [-0.3, -0.25) is 0 Å². The predicted octanol–water partition coefficient (Wildman–Crippen LogP) is 5.18. The second kappa shape index (κ2) is 11.1. The highest BCUT2D eigenvalue weighted by molar-refractivity contribution is 6.06. The second-order valence-electron chi connectivity index (χ2n) is 9.02. The lowest BCUT2D eigenvalue weighted by Gasteiger charge is -2.13. The van der Waals surface area contributed by atoms with Crippen LogP contribution in [0, 0.1) is 0 Å². The van der Waals surface area contributed by atoms with Crippen molar-refractivity contribution in [3.05, 3.63) is 54.4 Å². The Bertz CT molecular complexity index is 1290. The lowest BCUT2D eigenvalue weighted by molar-refractivity contribution is 0.252. The van der Waals surface area contributed by atoms with Crippen LogP contribution in [0.5, 0.6) is 0 Å². The minimum absolute atomic E-state index is 0.191. The first kappa shape index (κ1) is 24.3. The molecule has 0 unspecified atom stereocenters. The summed E-state index contributed by atoms with van der Waals surface area (Å²) in [5.41, 5.74) is 10.9. The summed E-state index contributed by atoms with van der Waals surface area (Å²) >= 11 is 0. The number of urea groups is 1. The maximum atomic E-state index is 12.3. The molecule has 4 rings (SSSR count). The van der Waals surface area contributed by atoms with Crippen LogP contribution >= 0.6 is 0 Å². The summed E-state index contributed by atoms with van der Waals surface area (Å²) in [4.78, 5) is 23.8. The molecule has 4 aromatic rings. The van der Waals surface area contributed by atoms with Crippen LogP contribution in [0.4, 0.5) is 22.0 Å². The molecule has 0 saturated carbocycles. The third kappa shape index (κ3) is 5.65. The number of carbonyl (C=O) groups is 1. The van der Waals surface area contributed by atoms with Crippen molar-refractivity contribution in [2.45, 2.75) is 45.6 Å². The van der Waals surface area contributed by atoms with E-state index in [1.165, 1.54) is 0 Å². The van der Waals surface area contributed by atoms with Crippen molar-refractivity contribution in [2.75, 3.05) is 36.6 Å². The second-order valence-corrected chi connectivity index (χ2v) is 9.02. The first-order chi connectivity index (χ1) is 17.0. The van der Waals surface area contributed by atoms with Crippen molar-refractivity contribution < 1.29 is 4.79 Å². The number of unbranched alkanes of at least 4 members (excludes halogenated alkanes) is 2. The molecular weight excluding hydrogens is 438 g/mol. The molecular formula is C27H35N7O. The van der Waals surface area contributed by atoms with Gasteiger partial charge < -0.3 is 25.8 Å². The quantitative estimate of drug-likeness (QED) is 0.276. The van der Waals surface area contributed by atoms with Gasteiger partial charge in [-0.2, -0.15) is 0 Å². The Labute approximate surface area is 206 Å². The molecule has 2 amide bonds. The Morgan fingerprint density at radius 1 is 1.03 bits per heavy atom. The SMILES string of the molecule is CCCCc1nc2c(N)nc3ccccc3c2n1CCCCNC(=O)Nc1ccc(N(C)C)cc1. The summed E-state index contributed by atoms with van der Waals surface area (Å²) in [6, 6.07) is 15.7. The number of imidazole rings is 1. The van der Waals surface area contributed by atoms with Crippen molar-refractivity contribution in [2.24, 2.45) is 0 Å². The van der Waals surface area contributed by atoms with E-state index in [1.54, 1.807) is 0 Å². The van der Waals surface area contributed by atoms with Crippen LogP contribution in [-0.4, -0.2) is 41.2 Å². The third-order valence-electron chi connectivity index (χ3n) is 6.18. The average molecular weight is 474 g/mol. The number of amides is 2. The minimum atomic E-state index is -0.191. The largest absolute Gasteiger partial charge is 0.382 e. The van der Waals surface area contributed by atoms with Gasteiger partial charge in [-0.15, -0.1) is 0 Å². The minimum Gasteiger partial charge on any atom is -0.382 e. The van der Waals surface area contributed by atoms with Crippen LogP contribution in [0.2, 0.25) is 0 Å². The predicted molar refractivity (Wildman–Crippen MR) is 145 cm³/mol. The van der Waals surface area contributed by atoms with Crippen molar-refractivity contribution in [3.63, 3.8) is 0 Å². The number of benzene rings is 2. The van der Waals surface area contributed by atoms with Crippen LogP contribution in [-0.2, 0) is 13.0 Å².